The molecule has 2 rings (SSSR count). The lowest BCUT2D eigenvalue weighted by molar-refractivity contribution is 0.311. The molecular formula is C13H17NO. The fourth-order valence-electron chi connectivity index (χ4n) is 2.48. The molecule has 15 heavy (non-hydrogen) atoms. The molecule has 1 aromatic rings. The third kappa shape index (κ3) is 2.41. The maximum absolute atomic E-state index is 9.37. The van der Waals surface area contributed by atoms with Crippen molar-refractivity contribution in [3.63, 3.8) is 0 Å². The smallest absolute Gasteiger partial charge is 0.105 e. The zero-order chi connectivity index (χ0) is 10.6. The second-order valence-corrected chi connectivity index (χ2v) is 4.56. The molecule has 0 unspecified atom stereocenters. The van der Waals surface area contributed by atoms with Gasteiger partial charge in [0.05, 0.1) is 17.7 Å². The molecule has 1 saturated carbocycles. The molecule has 80 valence electrons. The van der Waals surface area contributed by atoms with Crippen LogP contribution in [0.1, 0.15) is 44.3 Å². The molecule has 0 aliphatic heterocycles. The average Bonchev–Trinajstić information content (AvgIpc) is 2.64. The first-order chi connectivity index (χ1) is 7.35. The van der Waals surface area contributed by atoms with Gasteiger partial charge >= 0.3 is 0 Å². The number of hydrogen-bond donors (Lipinski definition) is 0. The summed E-state index contributed by atoms with van der Waals surface area (Å²) < 4.78 is 5.35. The van der Waals surface area contributed by atoms with Crippen molar-refractivity contribution in [3.8, 4) is 6.07 Å². The standard InChI is InChI=1S/C13H17NO/c14-11-13(7-3-1-2-4-8-13)10-12-6-5-9-15-12/h5-6,9H,1-4,7-8,10H2. The molecule has 2 nitrogen and oxygen atoms in total. The summed E-state index contributed by atoms with van der Waals surface area (Å²) in [4.78, 5) is 0. The van der Waals surface area contributed by atoms with Gasteiger partial charge in [-0.2, -0.15) is 5.26 Å². The maximum Gasteiger partial charge on any atom is 0.105 e. The highest BCUT2D eigenvalue weighted by atomic mass is 16.3. The van der Waals surface area contributed by atoms with Crippen LogP contribution in [0.3, 0.4) is 0 Å². The minimum absolute atomic E-state index is 0.158. The Morgan fingerprint density at radius 1 is 1.27 bits per heavy atom. The number of nitrogens with zero attached hydrogens (tertiary/aromatic N) is 1. The monoisotopic (exact) mass is 203 g/mol. The van der Waals surface area contributed by atoms with Gasteiger partial charge in [0.1, 0.15) is 5.76 Å². The predicted octanol–water partition coefficient (Wildman–Crippen LogP) is 3.69. The van der Waals surface area contributed by atoms with E-state index in [4.69, 9.17) is 4.42 Å². The Hall–Kier alpha value is -1.23. The van der Waals surface area contributed by atoms with Gasteiger partial charge in [0, 0.05) is 6.42 Å². The number of hydrogen-bond acceptors (Lipinski definition) is 2. The van der Waals surface area contributed by atoms with Crippen LogP contribution in [-0.2, 0) is 6.42 Å². The predicted molar refractivity (Wildman–Crippen MR) is 58.2 cm³/mol. The van der Waals surface area contributed by atoms with Gasteiger partial charge in [-0.25, -0.2) is 0 Å². The highest BCUT2D eigenvalue weighted by molar-refractivity contribution is 5.09. The van der Waals surface area contributed by atoms with Gasteiger partial charge in [0.25, 0.3) is 0 Å². The summed E-state index contributed by atoms with van der Waals surface area (Å²) in [5.74, 6) is 0.957. The summed E-state index contributed by atoms with van der Waals surface area (Å²) in [5.41, 5.74) is -0.158. The van der Waals surface area contributed by atoms with E-state index < -0.39 is 0 Å². The van der Waals surface area contributed by atoms with Gasteiger partial charge in [-0.05, 0) is 25.0 Å². The van der Waals surface area contributed by atoms with E-state index in [9.17, 15) is 5.26 Å². The summed E-state index contributed by atoms with van der Waals surface area (Å²) in [6, 6.07) is 6.41. The summed E-state index contributed by atoms with van der Waals surface area (Å²) in [6.07, 6.45) is 9.48. The zero-order valence-electron chi connectivity index (χ0n) is 9.04. The molecular weight excluding hydrogens is 186 g/mol. The molecule has 0 radical (unpaired) electrons. The van der Waals surface area contributed by atoms with Crippen LogP contribution in [0.4, 0.5) is 0 Å². The number of furan rings is 1. The quantitative estimate of drug-likeness (QED) is 0.687. The van der Waals surface area contributed by atoms with Gasteiger partial charge in [-0.3, -0.25) is 0 Å². The highest BCUT2D eigenvalue weighted by Crippen LogP contribution is 2.37. The van der Waals surface area contributed by atoms with Crippen LogP contribution in [0.25, 0.3) is 0 Å². The summed E-state index contributed by atoms with van der Waals surface area (Å²) >= 11 is 0. The van der Waals surface area contributed by atoms with Crippen molar-refractivity contribution in [2.24, 2.45) is 5.41 Å². The molecule has 0 N–H and O–H groups in total. The van der Waals surface area contributed by atoms with Gasteiger partial charge in [-0.15, -0.1) is 0 Å². The van der Waals surface area contributed by atoms with Crippen molar-refractivity contribution in [1.82, 2.24) is 0 Å². The second kappa shape index (κ2) is 4.53. The van der Waals surface area contributed by atoms with Gasteiger partial charge < -0.3 is 4.42 Å². The van der Waals surface area contributed by atoms with Crippen molar-refractivity contribution < 1.29 is 4.42 Å². The summed E-state index contributed by atoms with van der Waals surface area (Å²) in [7, 11) is 0. The average molecular weight is 203 g/mol. The Kier molecular flexibility index (Phi) is 3.11. The van der Waals surface area contributed by atoms with E-state index in [1.807, 2.05) is 12.1 Å². The molecule has 0 aromatic carbocycles. The van der Waals surface area contributed by atoms with Gasteiger partial charge in [-0.1, -0.05) is 25.7 Å². The maximum atomic E-state index is 9.37. The topological polar surface area (TPSA) is 36.9 Å². The van der Waals surface area contributed by atoms with Crippen LogP contribution in [0.15, 0.2) is 22.8 Å². The molecule has 0 saturated heterocycles. The lowest BCUT2D eigenvalue weighted by Crippen LogP contribution is -2.20. The van der Waals surface area contributed by atoms with Gasteiger partial charge in [0.15, 0.2) is 0 Å². The lowest BCUT2D eigenvalue weighted by atomic mass is 9.78. The molecule has 0 bridgehead atoms. The SMILES string of the molecule is N#CC1(Cc2ccco2)CCCCCC1. The third-order valence-corrected chi connectivity index (χ3v) is 3.39. The van der Waals surface area contributed by atoms with E-state index in [1.165, 1.54) is 25.7 Å². The largest absolute Gasteiger partial charge is 0.469 e. The molecule has 1 aliphatic carbocycles. The molecule has 2 heteroatoms. The minimum Gasteiger partial charge on any atom is -0.469 e. The van der Waals surface area contributed by atoms with E-state index in [-0.39, 0.29) is 5.41 Å². The molecule has 0 atom stereocenters. The first-order valence-corrected chi connectivity index (χ1v) is 5.78. The van der Waals surface area contributed by atoms with Crippen molar-refractivity contribution in [2.45, 2.75) is 44.9 Å². The van der Waals surface area contributed by atoms with Crippen LogP contribution in [0.5, 0.6) is 0 Å². The molecule has 0 amide bonds. The molecule has 0 spiro atoms. The lowest BCUT2D eigenvalue weighted by Gasteiger charge is -2.23. The van der Waals surface area contributed by atoms with Crippen LogP contribution in [-0.4, -0.2) is 0 Å². The number of rotatable bonds is 2. The fraction of sp³-hybridized carbons (Fsp3) is 0.615. The zero-order valence-corrected chi connectivity index (χ0v) is 9.04. The van der Waals surface area contributed by atoms with Crippen LogP contribution < -0.4 is 0 Å². The van der Waals surface area contributed by atoms with Crippen LogP contribution in [0.2, 0.25) is 0 Å². The Morgan fingerprint density at radius 3 is 2.53 bits per heavy atom. The number of nitriles is 1. The van der Waals surface area contributed by atoms with Crippen molar-refractivity contribution >= 4 is 0 Å². The fourth-order valence-corrected chi connectivity index (χ4v) is 2.48. The summed E-state index contributed by atoms with van der Waals surface area (Å²) in [5, 5.41) is 9.37. The van der Waals surface area contributed by atoms with E-state index in [2.05, 4.69) is 6.07 Å². The van der Waals surface area contributed by atoms with Crippen LogP contribution >= 0.6 is 0 Å². The van der Waals surface area contributed by atoms with Crippen molar-refractivity contribution in [3.05, 3.63) is 24.2 Å². The summed E-state index contributed by atoms with van der Waals surface area (Å²) in [6.45, 7) is 0. The minimum atomic E-state index is -0.158. The first-order valence-electron chi connectivity index (χ1n) is 5.78. The van der Waals surface area contributed by atoms with Crippen molar-refractivity contribution in [1.29, 1.82) is 5.26 Å². The first kappa shape index (κ1) is 10.3. The van der Waals surface area contributed by atoms with Gasteiger partial charge in [0.2, 0.25) is 0 Å². The Morgan fingerprint density at radius 2 is 2.00 bits per heavy atom. The molecule has 1 aliphatic rings. The van der Waals surface area contributed by atoms with E-state index >= 15 is 0 Å². The van der Waals surface area contributed by atoms with E-state index in [0.29, 0.717) is 0 Å². The molecule has 1 aromatic heterocycles. The Labute approximate surface area is 90.9 Å². The molecule has 1 fully saturated rings. The Balaban J connectivity index is 2.10. The second-order valence-electron chi connectivity index (χ2n) is 4.56. The third-order valence-electron chi connectivity index (χ3n) is 3.39. The van der Waals surface area contributed by atoms with Crippen LogP contribution in [0, 0.1) is 16.7 Å². The molecule has 1 heterocycles. The highest BCUT2D eigenvalue weighted by Gasteiger charge is 2.31. The Bertz CT molecular complexity index is 326. The van der Waals surface area contributed by atoms with Crippen molar-refractivity contribution in [2.75, 3.05) is 0 Å². The van der Waals surface area contributed by atoms with E-state index in [0.717, 1.165) is 25.0 Å². The normalized spacial score (nSPS) is 20.5. The van der Waals surface area contributed by atoms with E-state index in [1.54, 1.807) is 6.26 Å².